The fourth-order valence-electron chi connectivity index (χ4n) is 5.77. The summed E-state index contributed by atoms with van der Waals surface area (Å²) >= 11 is 6.34. The highest BCUT2D eigenvalue weighted by molar-refractivity contribution is 7.90. The quantitative estimate of drug-likeness (QED) is 0.182. The number of nitrogens with one attached hydrogen (secondary N) is 2. The molecule has 1 aliphatic rings. The van der Waals surface area contributed by atoms with E-state index in [-0.39, 0.29) is 33.3 Å². The van der Waals surface area contributed by atoms with Crippen LogP contribution in [0.4, 0.5) is 10.5 Å². The largest absolute Gasteiger partial charge is 0.444 e. The molecule has 0 radical (unpaired) electrons. The van der Waals surface area contributed by atoms with E-state index in [9.17, 15) is 18.0 Å². The minimum atomic E-state index is -4.05. The van der Waals surface area contributed by atoms with Gasteiger partial charge in [-0.05, 0) is 93.7 Å². The minimum absolute atomic E-state index is 0.0271. The summed E-state index contributed by atoms with van der Waals surface area (Å²) in [5.41, 5.74) is 2.17. The van der Waals surface area contributed by atoms with E-state index >= 15 is 0 Å². The first kappa shape index (κ1) is 34.0. The number of rotatable bonds is 8. The van der Waals surface area contributed by atoms with Crippen molar-refractivity contribution in [2.45, 2.75) is 56.7 Å². The molecule has 254 valence electrons. The molecule has 49 heavy (non-hydrogen) atoms. The van der Waals surface area contributed by atoms with Crippen LogP contribution in [0, 0.1) is 0 Å². The number of amides is 2. The smallest absolute Gasteiger partial charge is 0.407 e. The molecule has 4 heterocycles. The lowest BCUT2D eigenvalue weighted by molar-refractivity contribution is 0.0470. The van der Waals surface area contributed by atoms with Gasteiger partial charge in [-0.1, -0.05) is 41.9 Å². The van der Waals surface area contributed by atoms with Gasteiger partial charge in [0.05, 0.1) is 16.0 Å². The maximum Gasteiger partial charge on any atom is 0.407 e. The number of nitrogens with zero attached hydrogens (tertiary/aromatic N) is 5. The molecule has 2 amide bonds. The van der Waals surface area contributed by atoms with Crippen molar-refractivity contribution in [2.75, 3.05) is 18.4 Å². The predicted molar refractivity (Wildman–Crippen MR) is 187 cm³/mol. The van der Waals surface area contributed by atoms with Crippen molar-refractivity contribution in [1.82, 2.24) is 29.1 Å². The molecule has 1 aliphatic heterocycles. The molecule has 0 saturated carbocycles. The van der Waals surface area contributed by atoms with Gasteiger partial charge in [0.25, 0.3) is 15.9 Å². The molecule has 12 nitrogen and oxygen atoms in total. The van der Waals surface area contributed by atoms with Crippen LogP contribution in [0.5, 0.6) is 0 Å². The van der Waals surface area contributed by atoms with Crippen molar-refractivity contribution in [3.05, 3.63) is 102 Å². The normalized spacial score (nSPS) is 15.6. The number of anilines is 1. The van der Waals surface area contributed by atoms with Crippen LogP contribution in [0.1, 0.15) is 49.7 Å². The highest BCUT2D eigenvalue weighted by Crippen LogP contribution is 2.34. The van der Waals surface area contributed by atoms with Gasteiger partial charge in [0.2, 0.25) is 0 Å². The van der Waals surface area contributed by atoms with Crippen molar-refractivity contribution < 1.29 is 22.7 Å². The molecule has 5 aromatic rings. The molecule has 6 rings (SSSR count). The fraction of sp³-hybridized carbons (Fsp3) is 0.286. The monoisotopic (exact) mass is 701 g/mol. The molecule has 2 N–H and O–H groups in total. The number of carbonyl (C=O) groups excluding carboxylic acids is 2. The first-order valence-electron chi connectivity index (χ1n) is 15.8. The zero-order valence-electron chi connectivity index (χ0n) is 27.3. The Labute approximate surface area is 289 Å². The van der Waals surface area contributed by atoms with Gasteiger partial charge in [0.15, 0.2) is 5.65 Å². The second-order valence-corrected chi connectivity index (χ2v) is 15.0. The van der Waals surface area contributed by atoms with Gasteiger partial charge >= 0.3 is 6.09 Å². The van der Waals surface area contributed by atoms with Crippen molar-refractivity contribution in [2.24, 2.45) is 0 Å². The van der Waals surface area contributed by atoms with Crippen molar-refractivity contribution in [3.63, 3.8) is 0 Å². The number of halogens is 1. The summed E-state index contributed by atoms with van der Waals surface area (Å²) in [5.74, 6) is -0.388. The van der Waals surface area contributed by atoms with Gasteiger partial charge in [0, 0.05) is 31.0 Å². The minimum Gasteiger partial charge on any atom is -0.444 e. The molecule has 3 aromatic heterocycles. The third kappa shape index (κ3) is 7.90. The Balaban J connectivity index is 1.16. The number of piperidine rings is 1. The molecule has 14 heteroatoms. The zero-order valence-corrected chi connectivity index (χ0v) is 28.8. The van der Waals surface area contributed by atoms with Crippen LogP contribution >= 0.6 is 11.6 Å². The Bertz CT molecular complexity index is 2100. The number of aromatic nitrogens is 4. The molecule has 0 bridgehead atoms. The second kappa shape index (κ2) is 13.9. The summed E-state index contributed by atoms with van der Waals surface area (Å²) in [7, 11) is -4.05. The Morgan fingerprint density at radius 3 is 2.49 bits per heavy atom. The summed E-state index contributed by atoms with van der Waals surface area (Å²) in [4.78, 5) is 40.4. The second-order valence-electron chi connectivity index (χ2n) is 12.8. The van der Waals surface area contributed by atoms with E-state index in [1.807, 2.05) is 26.8 Å². The Morgan fingerprint density at radius 2 is 1.76 bits per heavy atom. The van der Waals surface area contributed by atoms with E-state index in [4.69, 9.17) is 16.3 Å². The topological polar surface area (TPSA) is 148 Å². The first-order valence-corrected chi connectivity index (χ1v) is 17.6. The molecule has 0 unspecified atom stereocenters. The molecule has 0 aliphatic carbocycles. The number of alkyl carbamates (subject to hydrolysis) is 1. The van der Waals surface area contributed by atoms with E-state index in [2.05, 4.69) is 30.5 Å². The van der Waals surface area contributed by atoms with Gasteiger partial charge in [-0.3, -0.25) is 14.7 Å². The molecule has 1 saturated heterocycles. The average molecular weight is 702 g/mol. The summed E-state index contributed by atoms with van der Waals surface area (Å²) in [6.45, 7) is 7.63. The van der Waals surface area contributed by atoms with Gasteiger partial charge in [-0.25, -0.2) is 27.2 Å². The third-order valence-electron chi connectivity index (χ3n) is 7.92. The lowest BCUT2D eigenvalue weighted by Gasteiger charge is -2.33. The van der Waals surface area contributed by atoms with Crippen molar-refractivity contribution >= 4 is 50.3 Å². The summed E-state index contributed by atoms with van der Waals surface area (Å²) in [6, 6.07) is 20.1. The standard InChI is InChI=1S/C35H36ClN7O5S/c1-35(2,3)48-34(45)41-26-8-7-17-42(21-26)20-23-15-16-37-29(18-23)33(44)40-25-13-11-24(12-14-25)30-19-28-31(36)38-22-39-32(28)43(30)49(46,47)27-9-5-4-6-10-27/h4-6,9-16,18-19,22,26H,7-8,17,20-21H2,1-3H3,(H,40,44)(H,41,45)/t26-/m1/s1. The molecule has 1 fully saturated rings. The van der Waals surface area contributed by atoms with Gasteiger partial charge in [-0.2, -0.15) is 0 Å². The van der Waals surface area contributed by atoms with E-state index in [1.54, 1.807) is 60.8 Å². The number of fused-ring (bicyclic) bond motifs is 1. The summed E-state index contributed by atoms with van der Waals surface area (Å²) in [5, 5.41) is 6.36. The highest BCUT2D eigenvalue weighted by Gasteiger charge is 2.27. The number of carbonyl (C=O) groups is 2. The van der Waals surface area contributed by atoms with E-state index < -0.39 is 21.7 Å². The van der Waals surface area contributed by atoms with Gasteiger partial charge < -0.3 is 15.4 Å². The van der Waals surface area contributed by atoms with Crippen LogP contribution in [0.2, 0.25) is 5.15 Å². The van der Waals surface area contributed by atoms with E-state index in [1.165, 1.54) is 18.5 Å². The number of hydrogen-bond acceptors (Lipinski definition) is 9. The summed E-state index contributed by atoms with van der Waals surface area (Å²) in [6.07, 6.45) is 4.20. The van der Waals surface area contributed by atoms with Crippen LogP contribution in [-0.2, 0) is 21.3 Å². The van der Waals surface area contributed by atoms with Gasteiger partial charge in [-0.15, -0.1) is 0 Å². The Hall–Kier alpha value is -4.85. The number of ether oxygens (including phenoxy) is 1. The maximum atomic E-state index is 13.8. The lowest BCUT2D eigenvalue weighted by Crippen LogP contribution is -2.48. The third-order valence-corrected chi connectivity index (χ3v) is 9.94. The van der Waals surface area contributed by atoms with Crippen molar-refractivity contribution in [3.8, 4) is 11.3 Å². The van der Waals surface area contributed by atoms with Crippen molar-refractivity contribution in [1.29, 1.82) is 0 Å². The molecular weight excluding hydrogens is 666 g/mol. The number of benzene rings is 2. The molecule has 0 spiro atoms. The number of hydrogen-bond donors (Lipinski definition) is 2. The highest BCUT2D eigenvalue weighted by atomic mass is 35.5. The average Bonchev–Trinajstić information content (AvgIpc) is 3.47. The first-order chi connectivity index (χ1) is 23.4. The van der Waals surface area contributed by atoms with Gasteiger partial charge in [0.1, 0.15) is 22.8 Å². The van der Waals surface area contributed by atoms with E-state index in [0.29, 0.717) is 35.4 Å². The molecular formula is C35H36ClN7O5S. The van der Waals surface area contributed by atoms with Crippen LogP contribution in [-0.4, -0.2) is 69.0 Å². The number of pyridine rings is 1. The fourth-order valence-corrected chi connectivity index (χ4v) is 7.45. The van der Waals surface area contributed by atoms with E-state index in [0.717, 1.165) is 28.9 Å². The zero-order chi connectivity index (χ0) is 34.8. The Kier molecular flexibility index (Phi) is 9.68. The predicted octanol–water partition coefficient (Wildman–Crippen LogP) is 6.13. The number of likely N-dealkylation sites (tertiary alicyclic amines) is 1. The van der Waals surface area contributed by atoms with Crippen LogP contribution in [0.3, 0.4) is 0 Å². The maximum absolute atomic E-state index is 13.8. The summed E-state index contributed by atoms with van der Waals surface area (Å²) < 4.78 is 34.2. The Morgan fingerprint density at radius 1 is 1.00 bits per heavy atom. The van der Waals surface area contributed by atoms with Crippen LogP contribution in [0.25, 0.3) is 22.3 Å². The lowest BCUT2D eigenvalue weighted by atomic mass is 10.0. The SMILES string of the molecule is CC(C)(C)OC(=O)N[C@@H]1CCCN(Cc2ccnc(C(=O)Nc3ccc(-c4cc5c(Cl)ncnc5n4S(=O)(=O)c4ccccc4)cc3)c2)C1. The van der Waals surface area contributed by atoms with Crippen LogP contribution < -0.4 is 10.6 Å². The van der Waals surface area contributed by atoms with Crippen LogP contribution in [0.15, 0.2) is 90.2 Å². The molecule has 1 atom stereocenters. The molecule has 2 aromatic carbocycles.